The van der Waals surface area contributed by atoms with Gasteiger partial charge < -0.3 is 0 Å². The Morgan fingerprint density at radius 1 is 1.28 bits per heavy atom. The number of benzene rings is 1. The molecule has 2 aromatic rings. The van der Waals surface area contributed by atoms with E-state index >= 15 is 0 Å². The highest BCUT2D eigenvalue weighted by Crippen LogP contribution is 2.30. The van der Waals surface area contributed by atoms with Crippen LogP contribution in [0.1, 0.15) is 4.88 Å². The second-order valence-corrected chi connectivity index (χ2v) is 7.87. The fourth-order valence-corrected chi connectivity index (χ4v) is 4.90. The fraction of sp³-hybridized carbons (Fsp3) is 0.0909. The SMILES string of the molecule is Cc1sc(Br)cc1S(=O)(=O)Nc1ccc(F)cc1. The zero-order valence-electron chi connectivity index (χ0n) is 9.28. The summed E-state index contributed by atoms with van der Waals surface area (Å²) in [6, 6.07) is 6.71. The van der Waals surface area contributed by atoms with Gasteiger partial charge >= 0.3 is 0 Å². The summed E-state index contributed by atoms with van der Waals surface area (Å²) in [5.41, 5.74) is 0.332. The van der Waals surface area contributed by atoms with Gasteiger partial charge in [-0.25, -0.2) is 12.8 Å². The van der Waals surface area contributed by atoms with Crippen LogP contribution in [-0.2, 0) is 10.0 Å². The molecule has 2 rings (SSSR count). The lowest BCUT2D eigenvalue weighted by Crippen LogP contribution is -2.13. The molecule has 1 heterocycles. The molecule has 0 amide bonds. The quantitative estimate of drug-likeness (QED) is 0.916. The summed E-state index contributed by atoms with van der Waals surface area (Å²) in [5.74, 6) is -0.410. The minimum absolute atomic E-state index is 0.226. The van der Waals surface area contributed by atoms with Crippen LogP contribution < -0.4 is 4.72 Å². The maximum Gasteiger partial charge on any atom is 0.263 e. The maximum absolute atomic E-state index is 12.7. The Labute approximate surface area is 117 Å². The first-order valence-electron chi connectivity index (χ1n) is 4.93. The maximum atomic E-state index is 12.7. The lowest BCUT2D eigenvalue weighted by molar-refractivity contribution is 0.601. The summed E-state index contributed by atoms with van der Waals surface area (Å²) in [6.07, 6.45) is 0. The molecule has 0 atom stereocenters. The normalized spacial score (nSPS) is 11.5. The molecule has 0 aliphatic carbocycles. The second-order valence-electron chi connectivity index (χ2n) is 3.58. The number of rotatable bonds is 3. The van der Waals surface area contributed by atoms with Crippen molar-refractivity contribution in [3.05, 3.63) is 44.8 Å². The monoisotopic (exact) mass is 349 g/mol. The third-order valence-corrected chi connectivity index (χ3v) is 5.42. The number of hydrogen-bond acceptors (Lipinski definition) is 3. The lowest BCUT2D eigenvalue weighted by Gasteiger charge is -2.07. The van der Waals surface area contributed by atoms with Gasteiger partial charge in [0.2, 0.25) is 0 Å². The molecule has 18 heavy (non-hydrogen) atoms. The number of hydrogen-bond donors (Lipinski definition) is 1. The van der Waals surface area contributed by atoms with E-state index in [-0.39, 0.29) is 4.90 Å². The Kier molecular flexibility index (Phi) is 3.74. The van der Waals surface area contributed by atoms with Gasteiger partial charge in [0.15, 0.2) is 0 Å². The number of halogens is 2. The van der Waals surface area contributed by atoms with Gasteiger partial charge in [-0.15, -0.1) is 11.3 Å². The van der Waals surface area contributed by atoms with Crippen LogP contribution in [0.2, 0.25) is 0 Å². The predicted octanol–water partition coefficient (Wildman–Crippen LogP) is 3.76. The Bertz CT molecular complexity index is 665. The van der Waals surface area contributed by atoms with Gasteiger partial charge in [0.25, 0.3) is 10.0 Å². The standard InChI is InChI=1S/C11H9BrFNO2S2/c1-7-10(6-11(12)17-7)18(15,16)14-9-4-2-8(13)3-5-9/h2-6,14H,1H3. The summed E-state index contributed by atoms with van der Waals surface area (Å²) in [4.78, 5) is 0.917. The van der Waals surface area contributed by atoms with Crippen molar-refractivity contribution in [2.24, 2.45) is 0 Å². The zero-order valence-corrected chi connectivity index (χ0v) is 12.5. The van der Waals surface area contributed by atoms with Crippen molar-refractivity contribution < 1.29 is 12.8 Å². The van der Waals surface area contributed by atoms with Gasteiger partial charge in [0, 0.05) is 10.6 Å². The van der Waals surface area contributed by atoms with E-state index in [2.05, 4.69) is 20.7 Å². The predicted molar refractivity (Wildman–Crippen MR) is 74.0 cm³/mol. The van der Waals surface area contributed by atoms with E-state index in [0.29, 0.717) is 10.6 Å². The molecular weight excluding hydrogens is 341 g/mol. The van der Waals surface area contributed by atoms with Crippen LogP contribution in [0.3, 0.4) is 0 Å². The smallest absolute Gasteiger partial charge is 0.263 e. The summed E-state index contributed by atoms with van der Waals surface area (Å²) in [7, 11) is -3.63. The molecule has 1 aromatic carbocycles. The highest BCUT2D eigenvalue weighted by molar-refractivity contribution is 9.11. The van der Waals surface area contributed by atoms with Gasteiger partial charge in [-0.3, -0.25) is 4.72 Å². The largest absolute Gasteiger partial charge is 0.280 e. The van der Waals surface area contributed by atoms with Crippen LogP contribution in [0.15, 0.2) is 39.0 Å². The molecule has 1 aromatic heterocycles. The van der Waals surface area contributed by atoms with E-state index in [1.54, 1.807) is 13.0 Å². The molecule has 3 nitrogen and oxygen atoms in total. The van der Waals surface area contributed by atoms with Crippen LogP contribution in [0.25, 0.3) is 0 Å². The van der Waals surface area contributed by atoms with Gasteiger partial charge in [-0.2, -0.15) is 0 Å². The van der Waals surface area contributed by atoms with Crippen molar-refractivity contribution in [3.8, 4) is 0 Å². The van der Waals surface area contributed by atoms with Crippen LogP contribution in [0.5, 0.6) is 0 Å². The number of anilines is 1. The Morgan fingerprint density at radius 2 is 1.89 bits per heavy atom. The van der Waals surface area contributed by atoms with E-state index in [0.717, 1.165) is 3.79 Å². The van der Waals surface area contributed by atoms with E-state index in [4.69, 9.17) is 0 Å². The molecule has 0 bridgehead atoms. The summed E-state index contributed by atoms with van der Waals surface area (Å²) >= 11 is 4.59. The van der Waals surface area contributed by atoms with Gasteiger partial charge in [-0.05, 0) is 53.2 Å². The van der Waals surface area contributed by atoms with Crippen LogP contribution in [0.4, 0.5) is 10.1 Å². The molecule has 0 saturated heterocycles. The van der Waals surface area contributed by atoms with Gasteiger partial charge in [0.05, 0.1) is 3.79 Å². The average Bonchev–Trinajstić information content (AvgIpc) is 2.62. The molecule has 0 radical (unpaired) electrons. The van der Waals surface area contributed by atoms with Crippen LogP contribution in [-0.4, -0.2) is 8.42 Å². The van der Waals surface area contributed by atoms with Crippen LogP contribution in [0, 0.1) is 12.7 Å². The molecule has 0 saturated carbocycles. The molecule has 0 fully saturated rings. The molecule has 0 spiro atoms. The molecule has 0 aliphatic rings. The van der Waals surface area contributed by atoms with Crippen molar-refractivity contribution in [1.29, 1.82) is 0 Å². The lowest BCUT2D eigenvalue weighted by atomic mass is 10.3. The average molecular weight is 350 g/mol. The highest BCUT2D eigenvalue weighted by Gasteiger charge is 2.19. The molecule has 0 aliphatic heterocycles. The van der Waals surface area contributed by atoms with E-state index in [9.17, 15) is 12.8 Å². The first-order chi connectivity index (χ1) is 8.38. The first kappa shape index (κ1) is 13.5. The Balaban J connectivity index is 2.33. The van der Waals surface area contributed by atoms with E-state index in [1.165, 1.54) is 35.6 Å². The second kappa shape index (κ2) is 4.99. The number of nitrogens with one attached hydrogen (secondary N) is 1. The van der Waals surface area contributed by atoms with Crippen molar-refractivity contribution in [2.45, 2.75) is 11.8 Å². The molecule has 96 valence electrons. The Morgan fingerprint density at radius 3 is 2.39 bits per heavy atom. The van der Waals surface area contributed by atoms with E-state index < -0.39 is 15.8 Å². The van der Waals surface area contributed by atoms with Crippen LogP contribution >= 0.6 is 27.3 Å². The van der Waals surface area contributed by atoms with Crippen molar-refractivity contribution in [2.75, 3.05) is 4.72 Å². The number of sulfonamides is 1. The molecule has 7 heteroatoms. The minimum atomic E-state index is -3.63. The fourth-order valence-electron chi connectivity index (χ4n) is 1.43. The van der Waals surface area contributed by atoms with Crippen molar-refractivity contribution in [3.63, 3.8) is 0 Å². The summed E-state index contributed by atoms with van der Waals surface area (Å²) in [5, 5.41) is 0. The minimum Gasteiger partial charge on any atom is -0.280 e. The molecular formula is C11H9BrFNO2S2. The number of aryl methyl sites for hydroxylation is 1. The number of thiophene rings is 1. The molecule has 1 N–H and O–H groups in total. The third-order valence-electron chi connectivity index (χ3n) is 2.23. The first-order valence-corrected chi connectivity index (χ1v) is 8.02. The zero-order chi connectivity index (χ0) is 13.3. The molecule has 0 unspecified atom stereocenters. The van der Waals surface area contributed by atoms with E-state index in [1.807, 2.05) is 0 Å². The Hall–Kier alpha value is -0.920. The van der Waals surface area contributed by atoms with Gasteiger partial charge in [-0.1, -0.05) is 0 Å². The third kappa shape index (κ3) is 2.90. The van der Waals surface area contributed by atoms with Gasteiger partial charge in [0.1, 0.15) is 10.7 Å². The van der Waals surface area contributed by atoms with Crippen molar-refractivity contribution in [1.82, 2.24) is 0 Å². The summed E-state index contributed by atoms with van der Waals surface area (Å²) < 4.78 is 40.1. The topological polar surface area (TPSA) is 46.2 Å². The highest BCUT2D eigenvalue weighted by atomic mass is 79.9. The van der Waals surface area contributed by atoms with Crippen molar-refractivity contribution >= 4 is 43.0 Å². The summed E-state index contributed by atoms with van der Waals surface area (Å²) in [6.45, 7) is 1.73.